The molecule has 0 rings (SSSR count). The van der Waals surface area contributed by atoms with Crippen molar-refractivity contribution in [3.8, 4) is 0 Å². The van der Waals surface area contributed by atoms with E-state index in [9.17, 15) is 13.2 Å². The van der Waals surface area contributed by atoms with Crippen LogP contribution in [0.3, 0.4) is 0 Å². The van der Waals surface area contributed by atoms with Crippen LogP contribution < -0.4 is 0 Å². The smallest absolute Gasteiger partial charge is 0.377 e. The van der Waals surface area contributed by atoms with Crippen molar-refractivity contribution in [2.75, 3.05) is 0 Å². The van der Waals surface area contributed by atoms with Gasteiger partial charge in [0.25, 0.3) is 0 Å². The van der Waals surface area contributed by atoms with Gasteiger partial charge in [0, 0.05) is 0 Å². The Morgan fingerprint density at radius 2 is 1.77 bits per heavy atom. The van der Waals surface area contributed by atoms with Crippen molar-refractivity contribution < 1.29 is 18.3 Å². The number of hydrogen-bond donors (Lipinski definition) is 1. The van der Waals surface area contributed by atoms with Crippen molar-refractivity contribution in [1.82, 2.24) is 0 Å². The minimum atomic E-state index is -4.63. The Morgan fingerprint density at radius 3 is 2.08 bits per heavy atom. The molecule has 1 unspecified atom stereocenters. The third-order valence-corrected chi connectivity index (χ3v) is 1.86. The summed E-state index contributed by atoms with van der Waals surface area (Å²) in [6.45, 7) is 3.67. The van der Waals surface area contributed by atoms with Crippen LogP contribution in [0.4, 0.5) is 13.2 Å². The van der Waals surface area contributed by atoms with E-state index in [1.165, 1.54) is 19.1 Å². The molecule has 0 aliphatic carbocycles. The summed E-state index contributed by atoms with van der Waals surface area (Å²) in [5.41, 5.74) is -2.87. The van der Waals surface area contributed by atoms with Crippen molar-refractivity contribution >= 4 is 0 Å². The molecule has 13 heavy (non-hydrogen) atoms. The van der Waals surface area contributed by atoms with Gasteiger partial charge in [0.1, 0.15) is 0 Å². The summed E-state index contributed by atoms with van der Waals surface area (Å²) in [5, 5.41) is 9.12. The first-order chi connectivity index (χ1) is 5.73. The summed E-state index contributed by atoms with van der Waals surface area (Å²) in [4.78, 5) is 0. The summed E-state index contributed by atoms with van der Waals surface area (Å²) in [6.07, 6.45) is -0.339. The van der Waals surface area contributed by atoms with Gasteiger partial charge in [0.2, 0.25) is 0 Å². The number of alkyl halides is 3. The zero-order valence-corrected chi connectivity index (χ0v) is 7.81. The average molecular weight is 194 g/mol. The molecule has 0 aromatic rings. The maximum absolute atomic E-state index is 12.2. The number of halogens is 3. The Hall–Kier alpha value is -0.770. The van der Waals surface area contributed by atoms with Crippen LogP contribution >= 0.6 is 0 Å². The van der Waals surface area contributed by atoms with E-state index >= 15 is 0 Å². The van der Waals surface area contributed by atoms with Gasteiger partial charge in [0.15, 0.2) is 5.60 Å². The molecule has 4 heteroatoms. The van der Waals surface area contributed by atoms with Crippen molar-refractivity contribution in [2.24, 2.45) is 0 Å². The van der Waals surface area contributed by atoms with Crippen LogP contribution in [0, 0.1) is 0 Å². The molecule has 1 nitrogen and oxygen atoms in total. The van der Waals surface area contributed by atoms with Gasteiger partial charge in [-0.1, -0.05) is 18.2 Å². The molecule has 0 heterocycles. The zero-order chi connectivity index (χ0) is 10.7. The van der Waals surface area contributed by atoms with Crippen LogP contribution in [0.15, 0.2) is 23.8 Å². The monoisotopic (exact) mass is 194 g/mol. The van der Waals surface area contributed by atoms with Crippen LogP contribution in [0.5, 0.6) is 0 Å². The minimum absolute atomic E-state index is 0.127. The van der Waals surface area contributed by atoms with Crippen molar-refractivity contribution in [2.45, 2.75) is 32.5 Å². The molecule has 76 valence electrons. The first kappa shape index (κ1) is 12.2. The second kappa shape index (κ2) is 3.96. The molecule has 0 aromatic carbocycles. The van der Waals surface area contributed by atoms with Gasteiger partial charge >= 0.3 is 6.18 Å². The highest BCUT2D eigenvalue weighted by atomic mass is 19.4. The number of hydrogen-bond acceptors (Lipinski definition) is 1. The highest BCUT2D eigenvalue weighted by molar-refractivity contribution is 5.21. The van der Waals surface area contributed by atoms with Crippen LogP contribution in [0.1, 0.15) is 20.8 Å². The van der Waals surface area contributed by atoms with Gasteiger partial charge in [-0.05, 0) is 26.3 Å². The average Bonchev–Trinajstić information content (AvgIpc) is 1.97. The van der Waals surface area contributed by atoms with Gasteiger partial charge < -0.3 is 5.11 Å². The molecule has 0 saturated carbocycles. The second-order valence-corrected chi connectivity index (χ2v) is 2.95. The molecular formula is C9H13F3O. The van der Waals surface area contributed by atoms with Gasteiger partial charge in [-0.3, -0.25) is 0 Å². The van der Waals surface area contributed by atoms with Gasteiger partial charge in [-0.25, -0.2) is 0 Å². The van der Waals surface area contributed by atoms with E-state index in [1.54, 1.807) is 13.0 Å². The molecule has 0 spiro atoms. The molecule has 0 amide bonds. The number of aliphatic hydroxyl groups is 1. The minimum Gasteiger partial charge on any atom is -0.377 e. The van der Waals surface area contributed by atoms with Gasteiger partial charge in [-0.15, -0.1) is 0 Å². The predicted molar refractivity (Wildman–Crippen MR) is 45.2 cm³/mol. The lowest BCUT2D eigenvalue weighted by atomic mass is 9.96. The van der Waals surface area contributed by atoms with E-state index in [2.05, 4.69) is 0 Å². The van der Waals surface area contributed by atoms with E-state index in [0.29, 0.717) is 0 Å². The van der Waals surface area contributed by atoms with E-state index in [1.807, 2.05) is 0 Å². The van der Waals surface area contributed by atoms with E-state index in [0.717, 1.165) is 6.92 Å². The topological polar surface area (TPSA) is 20.2 Å². The summed E-state index contributed by atoms with van der Waals surface area (Å²) in [5.74, 6) is 0. The lowest BCUT2D eigenvalue weighted by Gasteiger charge is -2.26. The largest absolute Gasteiger partial charge is 0.420 e. The van der Waals surface area contributed by atoms with Gasteiger partial charge in [-0.2, -0.15) is 13.2 Å². The highest BCUT2D eigenvalue weighted by Crippen LogP contribution is 2.35. The molecule has 0 radical (unpaired) electrons. The molecular weight excluding hydrogens is 181 g/mol. The van der Waals surface area contributed by atoms with E-state index in [4.69, 9.17) is 5.11 Å². The van der Waals surface area contributed by atoms with Crippen molar-refractivity contribution in [1.29, 1.82) is 0 Å². The van der Waals surface area contributed by atoms with Crippen LogP contribution in [0.25, 0.3) is 0 Å². The lowest BCUT2D eigenvalue weighted by Crippen LogP contribution is -2.43. The first-order valence-electron chi connectivity index (χ1n) is 3.82. The first-order valence-corrected chi connectivity index (χ1v) is 3.82. The van der Waals surface area contributed by atoms with Gasteiger partial charge in [0.05, 0.1) is 0 Å². The summed E-state index contributed by atoms with van der Waals surface area (Å²) in [6, 6.07) is 0. The van der Waals surface area contributed by atoms with Crippen molar-refractivity contribution in [3.63, 3.8) is 0 Å². The Kier molecular flexibility index (Phi) is 3.72. The highest BCUT2D eigenvalue weighted by Gasteiger charge is 2.50. The SMILES string of the molecule is C/C=C\C=C(/C)C(C)(O)C(F)(F)F. The summed E-state index contributed by atoms with van der Waals surface area (Å²) in [7, 11) is 0. The maximum Gasteiger partial charge on any atom is 0.420 e. The fraction of sp³-hybridized carbons (Fsp3) is 0.556. The molecule has 0 aliphatic rings. The molecule has 0 aromatic heterocycles. The second-order valence-electron chi connectivity index (χ2n) is 2.95. The molecule has 0 bridgehead atoms. The Labute approximate surface area is 75.6 Å². The maximum atomic E-state index is 12.2. The Morgan fingerprint density at radius 1 is 1.31 bits per heavy atom. The third-order valence-electron chi connectivity index (χ3n) is 1.86. The summed E-state index contributed by atoms with van der Waals surface area (Å²) < 4.78 is 36.6. The fourth-order valence-electron chi connectivity index (χ4n) is 0.626. The number of allylic oxidation sites excluding steroid dienone is 3. The molecule has 0 fully saturated rings. The molecule has 0 saturated heterocycles. The summed E-state index contributed by atoms with van der Waals surface area (Å²) >= 11 is 0. The van der Waals surface area contributed by atoms with Crippen LogP contribution in [-0.4, -0.2) is 16.9 Å². The molecule has 0 aliphatic heterocycles. The zero-order valence-electron chi connectivity index (χ0n) is 7.81. The fourth-order valence-corrected chi connectivity index (χ4v) is 0.626. The van der Waals surface area contributed by atoms with Crippen LogP contribution in [-0.2, 0) is 0 Å². The predicted octanol–water partition coefficient (Wildman–Crippen LogP) is 2.82. The molecule has 1 atom stereocenters. The normalized spacial score (nSPS) is 19.2. The number of rotatable bonds is 2. The Bertz CT molecular complexity index is 224. The quantitative estimate of drug-likeness (QED) is 0.670. The Balaban J connectivity index is 4.84. The van der Waals surface area contributed by atoms with E-state index < -0.39 is 11.8 Å². The standard InChI is InChI=1S/C9H13F3O/c1-4-5-6-7(2)8(3,13)9(10,11)12/h4-6,13H,1-3H3/b5-4-,7-6+. The van der Waals surface area contributed by atoms with Crippen molar-refractivity contribution in [3.05, 3.63) is 23.8 Å². The third kappa shape index (κ3) is 2.88. The molecule has 1 N–H and O–H groups in total. The van der Waals surface area contributed by atoms with Crippen LogP contribution in [0.2, 0.25) is 0 Å². The van der Waals surface area contributed by atoms with E-state index in [-0.39, 0.29) is 5.57 Å². The lowest BCUT2D eigenvalue weighted by molar-refractivity contribution is -0.236.